The number of benzene rings is 7. The second-order valence-corrected chi connectivity index (χ2v) is 11.7. The van der Waals surface area contributed by atoms with Crippen molar-refractivity contribution >= 4 is 43.7 Å². The van der Waals surface area contributed by atoms with Crippen LogP contribution in [-0.2, 0) is 0 Å². The lowest BCUT2D eigenvalue weighted by Gasteiger charge is -2.11. The van der Waals surface area contributed by atoms with Gasteiger partial charge in [0.1, 0.15) is 11.2 Å². The third-order valence-electron chi connectivity index (χ3n) is 8.76. The molecule has 4 nitrogen and oxygen atoms in total. The normalized spacial score (nSPS) is 15.0. The largest absolute Gasteiger partial charge is 0.455 e. The van der Waals surface area contributed by atoms with E-state index in [0.717, 1.165) is 26.5 Å². The van der Waals surface area contributed by atoms with E-state index in [4.69, 9.17) is 26.7 Å². The van der Waals surface area contributed by atoms with Gasteiger partial charge in [-0.15, -0.1) is 0 Å². The number of rotatable bonds is 5. The van der Waals surface area contributed by atoms with Crippen LogP contribution in [0.5, 0.6) is 0 Å². The second kappa shape index (κ2) is 11.4. The third kappa shape index (κ3) is 4.61. The number of para-hydroxylation sites is 4. The molecule has 0 aliphatic heterocycles. The molecule has 4 heteroatoms. The van der Waals surface area contributed by atoms with Crippen molar-refractivity contribution in [1.82, 2.24) is 14.5 Å². The molecule has 0 spiro atoms. The maximum absolute atomic E-state index is 9.82. The second-order valence-electron chi connectivity index (χ2n) is 11.7. The van der Waals surface area contributed by atoms with Crippen LogP contribution in [0, 0.1) is 0 Å². The van der Waals surface area contributed by atoms with Crippen molar-refractivity contribution in [3.63, 3.8) is 0 Å². The summed E-state index contributed by atoms with van der Waals surface area (Å²) in [6.07, 6.45) is 0. The van der Waals surface area contributed by atoms with Gasteiger partial charge < -0.3 is 8.98 Å². The maximum atomic E-state index is 9.82. The molecule has 50 heavy (non-hydrogen) atoms. The Balaban J connectivity index is 1.33. The van der Waals surface area contributed by atoms with E-state index in [1.807, 2.05) is 97.1 Å². The molecule has 0 amide bonds. The summed E-state index contributed by atoms with van der Waals surface area (Å²) in [5.41, 5.74) is 3.71. The molecule has 0 saturated carbocycles. The van der Waals surface area contributed by atoms with Crippen molar-refractivity contribution in [2.24, 2.45) is 0 Å². The van der Waals surface area contributed by atoms with Crippen molar-refractivity contribution in [3.05, 3.63) is 176 Å². The van der Waals surface area contributed by atoms with Gasteiger partial charge in [0.05, 0.1) is 38.9 Å². The Hall–Kier alpha value is -6.78. The van der Waals surface area contributed by atoms with Crippen molar-refractivity contribution in [1.29, 1.82) is 0 Å². The van der Waals surface area contributed by atoms with Gasteiger partial charge in [0.2, 0.25) is 0 Å². The van der Waals surface area contributed by atoms with Crippen LogP contribution < -0.4 is 0 Å². The van der Waals surface area contributed by atoms with Crippen LogP contribution in [0.1, 0.15) is 16.4 Å². The maximum Gasteiger partial charge on any atom is 0.160 e. The Labute approximate surface area is 305 Å². The molecule has 234 valence electrons. The van der Waals surface area contributed by atoms with Crippen molar-refractivity contribution in [2.75, 3.05) is 0 Å². The first-order valence-corrected chi connectivity index (χ1v) is 15.9. The highest BCUT2D eigenvalue weighted by Crippen LogP contribution is 2.39. The summed E-state index contributed by atoms with van der Waals surface area (Å²) < 4.78 is 114. The van der Waals surface area contributed by atoms with Gasteiger partial charge in [-0.3, -0.25) is 0 Å². The lowest BCUT2D eigenvalue weighted by atomic mass is 10.00. The van der Waals surface area contributed by atoms with Crippen molar-refractivity contribution in [3.8, 4) is 50.7 Å². The lowest BCUT2D eigenvalue weighted by Crippen LogP contribution is -1.97. The monoisotopic (exact) mass is 651 g/mol. The van der Waals surface area contributed by atoms with Crippen LogP contribution in [-0.4, -0.2) is 14.5 Å². The number of hydrogen-bond acceptors (Lipinski definition) is 3. The lowest BCUT2D eigenvalue weighted by molar-refractivity contribution is 0.670. The van der Waals surface area contributed by atoms with Crippen LogP contribution in [0.2, 0.25) is 0 Å². The molecule has 3 heterocycles. The van der Waals surface area contributed by atoms with Gasteiger partial charge in [0.25, 0.3) is 0 Å². The molecule has 0 N–H and O–H groups in total. The highest BCUT2D eigenvalue weighted by molar-refractivity contribution is 6.11. The molecule has 0 atom stereocenters. The van der Waals surface area contributed by atoms with Crippen LogP contribution in [0.25, 0.3) is 94.5 Å². The van der Waals surface area contributed by atoms with Crippen molar-refractivity contribution < 1.29 is 20.9 Å². The van der Waals surface area contributed by atoms with Gasteiger partial charge in [0, 0.05) is 43.9 Å². The minimum atomic E-state index is -0.717. The Morgan fingerprint density at radius 2 is 1.22 bits per heavy atom. The van der Waals surface area contributed by atoms with Crippen LogP contribution >= 0.6 is 0 Å². The molecule has 0 saturated heterocycles. The summed E-state index contributed by atoms with van der Waals surface area (Å²) in [4.78, 5) is 9.92. The Morgan fingerprint density at radius 1 is 0.500 bits per heavy atom. The zero-order valence-electron chi connectivity index (χ0n) is 38.1. The van der Waals surface area contributed by atoms with E-state index in [-0.39, 0.29) is 33.2 Å². The van der Waals surface area contributed by atoms with Gasteiger partial charge in [-0.2, -0.15) is 0 Å². The fraction of sp³-hybridized carbons (Fsp3) is 0. The molecule has 0 aliphatic rings. The summed E-state index contributed by atoms with van der Waals surface area (Å²) in [6.45, 7) is 0. The molecular formula is C46H29N3O. The summed E-state index contributed by atoms with van der Waals surface area (Å²) in [7, 11) is 0. The topological polar surface area (TPSA) is 43.9 Å². The number of furan rings is 1. The summed E-state index contributed by atoms with van der Waals surface area (Å²) in [5, 5.41) is 1.27. The molecular weight excluding hydrogens is 611 g/mol. The fourth-order valence-corrected chi connectivity index (χ4v) is 6.49. The Kier molecular flexibility index (Phi) is 4.27. The molecule has 10 aromatic rings. The van der Waals surface area contributed by atoms with Gasteiger partial charge in [-0.05, 0) is 71.6 Å². The predicted molar refractivity (Wildman–Crippen MR) is 205 cm³/mol. The van der Waals surface area contributed by atoms with E-state index in [0.29, 0.717) is 33.7 Å². The first-order valence-electron chi connectivity index (χ1n) is 21.9. The molecule has 0 fully saturated rings. The molecule has 7 aromatic carbocycles. The smallest absolute Gasteiger partial charge is 0.160 e. The quantitative estimate of drug-likeness (QED) is 0.186. The first-order chi connectivity index (χ1) is 29.8. The predicted octanol–water partition coefficient (Wildman–Crippen LogP) is 12.1. The standard InChI is InChI=1S/C46H29N3O/c1-3-13-30(14-4-1)31-15-11-16-32(27-31)40-29-41(38-22-12-21-37-36-20-8-10-24-44(36)50-45(37)38)48-46(47-40)33-25-26-43-39(28-33)35-19-7-9-23-42(35)49(43)34-17-5-2-6-18-34/h1-29H/i2D,5D,6D,7D,9D,17D,18D,19D,23D,25D,26D,28D. The molecule has 0 unspecified atom stereocenters. The number of hydrogen-bond donors (Lipinski definition) is 0. The Morgan fingerprint density at radius 3 is 2.14 bits per heavy atom. The third-order valence-corrected chi connectivity index (χ3v) is 8.76. The van der Waals surface area contributed by atoms with Gasteiger partial charge in [-0.1, -0.05) is 115 Å². The van der Waals surface area contributed by atoms with Crippen LogP contribution in [0.15, 0.2) is 180 Å². The molecule has 0 aliphatic carbocycles. The van der Waals surface area contributed by atoms with Crippen molar-refractivity contribution in [2.45, 2.75) is 0 Å². The number of nitrogens with zero attached hydrogens (tertiary/aromatic N) is 3. The molecule has 0 radical (unpaired) electrons. The van der Waals surface area contributed by atoms with Gasteiger partial charge >= 0.3 is 0 Å². The van der Waals surface area contributed by atoms with Crippen LogP contribution in [0.4, 0.5) is 0 Å². The summed E-state index contributed by atoms with van der Waals surface area (Å²) in [5.74, 6) is -0.134. The first kappa shape index (κ1) is 18.7. The summed E-state index contributed by atoms with van der Waals surface area (Å²) >= 11 is 0. The minimum Gasteiger partial charge on any atom is -0.455 e. The molecule has 10 rings (SSSR count). The molecule has 0 bridgehead atoms. The van der Waals surface area contributed by atoms with E-state index in [2.05, 4.69) is 0 Å². The SMILES string of the molecule is [2H]c1c([2H])c([2H])c(-n2c3c([2H])c([2H])c([2H])c([2H])c3c3c([2H])c(-c4nc(-c5cccc(-c6ccccc6)c5)cc(-c5cccc6c5oc5ccccc56)n4)c([2H])c([2H])c32)c([2H])c1[2H]. The van der Waals surface area contributed by atoms with E-state index < -0.39 is 78.2 Å². The number of aromatic nitrogens is 3. The number of fused-ring (bicyclic) bond motifs is 6. The minimum absolute atomic E-state index is 0.134. The highest BCUT2D eigenvalue weighted by Gasteiger charge is 2.18. The fourth-order valence-electron chi connectivity index (χ4n) is 6.49. The van der Waals surface area contributed by atoms with Gasteiger partial charge in [0.15, 0.2) is 5.82 Å². The zero-order chi connectivity index (χ0) is 43.5. The van der Waals surface area contributed by atoms with E-state index >= 15 is 0 Å². The average Bonchev–Trinajstić information content (AvgIpc) is 3.86. The summed E-state index contributed by atoms with van der Waals surface area (Å²) in [6, 6.07) is 24.8. The van der Waals surface area contributed by atoms with Gasteiger partial charge in [-0.25, -0.2) is 9.97 Å². The average molecular weight is 652 g/mol. The highest BCUT2D eigenvalue weighted by atomic mass is 16.3. The van der Waals surface area contributed by atoms with E-state index in [1.165, 1.54) is 0 Å². The Bertz CT molecular complexity index is 3540. The van der Waals surface area contributed by atoms with E-state index in [1.54, 1.807) is 6.07 Å². The zero-order valence-corrected chi connectivity index (χ0v) is 26.1. The van der Waals surface area contributed by atoms with Crippen LogP contribution in [0.3, 0.4) is 0 Å². The van der Waals surface area contributed by atoms with E-state index in [9.17, 15) is 4.11 Å². The molecule has 3 aromatic heterocycles.